The minimum absolute atomic E-state index is 0. The van der Waals surface area contributed by atoms with E-state index in [0.717, 1.165) is 0 Å². The minimum atomic E-state index is -4.10. The Morgan fingerprint density at radius 1 is 0.448 bits per heavy atom. The quantitative estimate of drug-likeness (QED) is 0.0716. The molecule has 6 atom stereocenters. The third kappa shape index (κ3) is 15.8. The molecule has 0 radical (unpaired) electrons. The first-order valence-corrected chi connectivity index (χ1v) is 13.6. The summed E-state index contributed by atoms with van der Waals surface area (Å²) in [6.45, 7) is 0. The van der Waals surface area contributed by atoms with Gasteiger partial charge in [-0.1, -0.05) is 0 Å². The van der Waals surface area contributed by atoms with Crippen molar-refractivity contribution < 1.29 is 101 Å². The summed E-state index contributed by atoms with van der Waals surface area (Å²) in [5, 5.41) is 0. The van der Waals surface area contributed by atoms with E-state index >= 15 is 0 Å². The van der Waals surface area contributed by atoms with Gasteiger partial charge < -0.3 is 29.4 Å². The second kappa shape index (κ2) is 16.9. The molecule has 0 aliphatic heterocycles. The summed E-state index contributed by atoms with van der Waals surface area (Å²) >= 11 is 0. The third-order valence-electron chi connectivity index (χ3n) is 1.94. The number of hydrogen-bond donors (Lipinski definition) is 6. The van der Waals surface area contributed by atoms with E-state index in [4.69, 9.17) is 29.4 Å². The molecule has 6 unspecified atom stereocenters. The van der Waals surface area contributed by atoms with E-state index in [1.165, 1.54) is 0 Å². The fraction of sp³-hybridized carbons (Fsp3) is 1.00. The van der Waals surface area contributed by atoms with Gasteiger partial charge >= 0.3 is 49.5 Å². The van der Waals surface area contributed by atoms with E-state index in [0.29, 0.717) is 0 Å². The van der Waals surface area contributed by atoms with E-state index in [2.05, 4.69) is 27.1 Å². The van der Waals surface area contributed by atoms with Crippen molar-refractivity contribution in [3.8, 4) is 0 Å². The molecule has 19 nitrogen and oxygen atoms in total. The molecule has 0 saturated heterocycles. The zero-order valence-corrected chi connectivity index (χ0v) is 20.2. The average Bonchev–Trinajstić information content (AvgIpc) is 2.42. The molecule has 0 aromatic carbocycles. The van der Waals surface area contributed by atoms with Gasteiger partial charge in [0.2, 0.25) is 19.2 Å². The predicted octanol–water partition coefficient (Wildman–Crippen LogP) is -1.47. The topological polar surface area (TPSA) is 282 Å². The van der Waals surface area contributed by atoms with Crippen LogP contribution in [0.25, 0.3) is 0 Å². The van der Waals surface area contributed by atoms with Crippen molar-refractivity contribution in [1.82, 2.24) is 4.90 Å². The molecule has 0 amide bonds. The fourth-order valence-electron chi connectivity index (χ4n) is 1.25. The Morgan fingerprint density at radius 2 is 0.586 bits per heavy atom. The zero-order chi connectivity index (χ0) is 22.0. The van der Waals surface area contributed by atoms with E-state index in [1.54, 1.807) is 0 Å². The molecule has 0 heterocycles. The van der Waals surface area contributed by atoms with Crippen LogP contribution in [0.3, 0.4) is 0 Å². The summed E-state index contributed by atoms with van der Waals surface area (Å²) < 4.78 is 90.6. The Morgan fingerprint density at radius 3 is 0.690 bits per heavy atom. The molecule has 0 aliphatic rings. The molecule has 29 heavy (non-hydrogen) atoms. The summed E-state index contributed by atoms with van der Waals surface area (Å²) in [6.07, 6.45) is -8.23. The van der Waals surface area contributed by atoms with Gasteiger partial charge in [0.1, 0.15) is 0 Å². The van der Waals surface area contributed by atoms with Crippen molar-refractivity contribution in [1.29, 1.82) is 0 Å². The van der Waals surface area contributed by atoms with Gasteiger partial charge in [0.05, 0.1) is 0 Å². The van der Waals surface area contributed by atoms with Crippen LogP contribution in [-0.4, -0.2) is 53.5 Å². The molecule has 178 valence electrons. The van der Waals surface area contributed by atoms with Crippen LogP contribution in [0.4, 0.5) is 0 Å². The van der Waals surface area contributed by atoms with Gasteiger partial charge in [-0.15, -0.1) is 0 Å². The molecule has 0 aromatic heterocycles. The Labute approximate surface area is 175 Å². The second-order valence-electron chi connectivity index (χ2n) is 3.67. The molecule has 0 fully saturated rings. The molecule has 0 rings (SSSR count). The molecule has 0 spiro atoms. The van der Waals surface area contributed by atoms with Crippen LogP contribution in [0.2, 0.25) is 0 Å². The van der Waals surface area contributed by atoms with Crippen molar-refractivity contribution in [2.45, 2.75) is 19.2 Å². The summed E-state index contributed by atoms with van der Waals surface area (Å²) in [6, 6.07) is 0. The first-order chi connectivity index (χ1) is 12.8. The van der Waals surface area contributed by atoms with Gasteiger partial charge in [-0.2, -0.15) is 4.90 Å². The van der Waals surface area contributed by atoms with Crippen LogP contribution >= 0.6 is 49.5 Å². The first kappa shape index (κ1) is 32.6. The van der Waals surface area contributed by atoms with Crippen molar-refractivity contribution in [3.63, 3.8) is 0 Å². The predicted molar refractivity (Wildman–Crippen MR) is 87.0 cm³/mol. The van der Waals surface area contributed by atoms with Crippen molar-refractivity contribution >= 4 is 49.5 Å². The van der Waals surface area contributed by atoms with Crippen LogP contribution in [-0.2, 0) is 71.6 Å². The Hall–Kier alpha value is 1.38. The smallest absolute Gasteiger partial charge is 0.319 e. The van der Waals surface area contributed by atoms with Crippen LogP contribution in [0.15, 0.2) is 0 Å². The maximum absolute atomic E-state index is 10.9. The van der Waals surface area contributed by atoms with E-state index in [9.17, 15) is 27.4 Å². The van der Waals surface area contributed by atoms with Gasteiger partial charge in [-0.25, -0.2) is 0 Å². The Kier molecular flexibility index (Phi) is 19.0. The SMILES string of the molecule is O=[PH](O)OC(O[PH](=O)O)N(C(O[PH](=O)O)O[PH](=O)O)C(O[PH](=O)O)O[PH](=O)O.[Fe]. The van der Waals surface area contributed by atoms with Crippen LogP contribution in [0.1, 0.15) is 0 Å². The molecule has 26 heteroatoms. The average molecular weight is 595 g/mol. The standard InChI is InChI=1S/C3H15NO18P6.Fe/c5-23(6)17-1(18-24(7)8)4(2(19-25(9)10)20-26(11)12)3(21-27(13)14)22-28(15)16;/h1-3,23-28H,(H,5,6)(H,7,8)(H,9,10)(H,11,12)(H,13,14)(H,15,16);. The largest absolute Gasteiger partial charge is 0.326 e. The van der Waals surface area contributed by atoms with Gasteiger partial charge in [0.15, 0.2) is 0 Å². The Bertz CT molecular complexity index is 509. The molecule has 0 aliphatic carbocycles. The van der Waals surface area contributed by atoms with E-state index < -0.39 is 68.8 Å². The normalized spacial score (nSPS) is 21.2. The fourth-order valence-corrected chi connectivity index (χ4v) is 3.60. The minimum Gasteiger partial charge on any atom is -0.326 e. The van der Waals surface area contributed by atoms with Gasteiger partial charge in [0, 0.05) is 17.1 Å². The molecular weight excluding hydrogens is 580 g/mol. The number of hydrogen-bond acceptors (Lipinski definition) is 13. The van der Waals surface area contributed by atoms with Crippen molar-refractivity contribution in [3.05, 3.63) is 0 Å². The number of nitrogens with zero attached hydrogens (tertiary/aromatic N) is 1. The monoisotopic (exact) mass is 595 g/mol. The maximum atomic E-state index is 10.9. The van der Waals surface area contributed by atoms with Crippen LogP contribution in [0.5, 0.6) is 0 Å². The zero-order valence-electron chi connectivity index (χ0n) is 13.1. The van der Waals surface area contributed by atoms with Crippen molar-refractivity contribution in [2.24, 2.45) is 0 Å². The van der Waals surface area contributed by atoms with Crippen molar-refractivity contribution in [2.75, 3.05) is 0 Å². The second-order valence-corrected chi connectivity index (χ2v) is 8.28. The van der Waals surface area contributed by atoms with E-state index in [1.807, 2.05) is 0 Å². The summed E-state index contributed by atoms with van der Waals surface area (Å²) in [7, 11) is -24.6. The molecule has 6 N–H and O–H groups in total. The van der Waals surface area contributed by atoms with E-state index in [-0.39, 0.29) is 22.0 Å². The van der Waals surface area contributed by atoms with Gasteiger partial charge in [0.25, 0.3) is 0 Å². The van der Waals surface area contributed by atoms with Gasteiger partial charge in [-0.05, 0) is 0 Å². The van der Waals surface area contributed by atoms with Gasteiger partial charge in [-0.3, -0.25) is 54.5 Å². The first-order valence-electron chi connectivity index (χ1n) is 5.98. The summed E-state index contributed by atoms with van der Waals surface area (Å²) in [5.41, 5.74) is 0. The molecule has 0 aromatic rings. The molecule has 0 bridgehead atoms. The molecular formula is C3H15FeNO18P6. The summed E-state index contributed by atoms with van der Waals surface area (Å²) in [4.78, 5) is 52.8. The third-order valence-corrected chi connectivity index (χ3v) is 4.36. The Balaban J connectivity index is 0. The van der Waals surface area contributed by atoms with Crippen LogP contribution < -0.4 is 0 Å². The molecule has 0 saturated carbocycles. The summed E-state index contributed by atoms with van der Waals surface area (Å²) in [5.74, 6) is 0. The number of rotatable bonds is 15. The van der Waals surface area contributed by atoms with Crippen LogP contribution in [0, 0.1) is 0 Å². The maximum Gasteiger partial charge on any atom is 0.319 e.